The number of hydrogen-bond donors (Lipinski definition) is 0. The molecule has 0 saturated carbocycles. The Kier molecular flexibility index (Phi) is 3.08. The Balaban J connectivity index is 1.70. The van der Waals surface area contributed by atoms with Crippen LogP contribution in [0.1, 0.15) is 21.6 Å². The molecule has 0 atom stereocenters. The van der Waals surface area contributed by atoms with E-state index >= 15 is 0 Å². The number of fused-ring (bicyclic) bond motifs is 3. The Morgan fingerprint density at radius 1 is 0.864 bits per heavy atom. The summed E-state index contributed by atoms with van der Waals surface area (Å²) in [7, 11) is 0. The summed E-state index contributed by atoms with van der Waals surface area (Å²) >= 11 is 0. The molecule has 0 N–H and O–H groups in total. The Labute approximate surface area is 129 Å². The third-order valence-corrected chi connectivity index (χ3v) is 4.26. The van der Waals surface area contributed by atoms with Gasteiger partial charge in [-0.15, -0.1) is 0 Å². The molecule has 1 aliphatic rings. The van der Waals surface area contributed by atoms with E-state index in [-0.39, 0.29) is 5.78 Å². The van der Waals surface area contributed by atoms with Crippen LogP contribution in [0.3, 0.4) is 0 Å². The van der Waals surface area contributed by atoms with Crippen LogP contribution in [0, 0.1) is 0 Å². The highest BCUT2D eigenvalue weighted by molar-refractivity contribution is 5.95. The average Bonchev–Trinajstić information content (AvgIpc) is 2.95. The van der Waals surface area contributed by atoms with Crippen LogP contribution in [0.4, 0.5) is 0 Å². The number of carbonyl (C=O) groups excluding carboxylic acids is 1. The standard InChI is InChI=1S/C20H16NO/c22-20(15-7-2-1-3-8-15)14-21-12-6-11-18-17-10-5-4-9-16(17)13-19(18)21/h1-12H,13-14H2/q+1. The molecule has 106 valence electrons. The fourth-order valence-electron chi connectivity index (χ4n) is 3.16. The lowest BCUT2D eigenvalue weighted by Gasteiger charge is -2.03. The van der Waals surface area contributed by atoms with Gasteiger partial charge in [0.1, 0.15) is 0 Å². The van der Waals surface area contributed by atoms with E-state index in [1.807, 2.05) is 42.6 Å². The molecule has 0 aliphatic heterocycles. The summed E-state index contributed by atoms with van der Waals surface area (Å²) in [6.45, 7) is 0.390. The van der Waals surface area contributed by atoms with Gasteiger partial charge in [-0.2, -0.15) is 4.57 Å². The predicted octanol–water partition coefficient (Wildman–Crippen LogP) is 3.43. The van der Waals surface area contributed by atoms with Gasteiger partial charge >= 0.3 is 0 Å². The predicted molar refractivity (Wildman–Crippen MR) is 85.7 cm³/mol. The first-order chi connectivity index (χ1) is 10.8. The molecule has 2 heteroatoms. The van der Waals surface area contributed by atoms with Gasteiger partial charge in [-0.25, -0.2) is 0 Å². The lowest BCUT2D eigenvalue weighted by atomic mass is 10.1. The van der Waals surface area contributed by atoms with Gasteiger partial charge in [0.25, 0.3) is 0 Å². The molecule has 0 radical (unpaired) electrons. The van der Waals surface area contributed by atoms with E-state index in [1.165, 1.54) is 22.4 Å². The molecule has 0 unspecified atom stereocenters. The molecule has 0 saturated heterocycles. The van der Waals surface area contributed by atoms with E-state index in [4.69, 9.17) is 0 Å². The Hall–Kier alpha value is -2.74. The van der Waals surface area contributed by atoms with Crippen molar-refractivity contribution in [2.45, 2.75) is 13.0 Å². The molecule has 4 rings (SSSR count). The third kappa shape index (κ3) is 2.13. The maximum atomic E-state index is 12.5. The van der Waals surface area contributed by atoms with Crippen molar-refractivity contribution in [1.29, 1.82) is 0 Å². The lowest BCUT2D eigenvalue weighted by molar-refractivity contribution is -0.689. The van der Waals surface area contributed by atoms with E-state index in [0.29, 0.717) is 6.54 Å². The van der Waals surface area contributed by atoms with Crippen molar-refractivity contribution >= 4 is 5.78 Å². The molecule has 2 nitrogen and oxygen atoms in total. The minimum absolute atomic E-state index is 0.148. The molecule has 0 spiro atoms. The second kappa shape index (κ2) is 5.23. The number of carbonyl (C=O) groups is 1. The van der Waals surface area contributed by atoms with Gasteiger partial charge in [0.05, 0.1) is 6.42 Å². The SMILES string of the molecule is O=C(C[n+]1cccc2c1Cc1ccccc1-2)c1ccccc1. The lowest BCUT2D eigenvalue weighted by Crippen LogP contribution is -2.41. The van der Waals surface area contributed by atoms with Gasteiger partial charge in [-0.05, 0) is 17.2 Å². The summed E-state index contributed by atoms with van der Waals surface area (Å²) in [5.41, 5.74) is 5.87. The van der Waals surface area contributed by atoms with Crippen LogP contribution in [-0.2, 0) is 13.0 Å². The molecule has 0 fully saturated rings. The number of aromatic nitrogens is 1. The van der Waals surface area contributed by atoms with Crippen molar-refractivity contribution < 1.29 is 9.36 Å². The van der Waals surface area contributed by atoms with Crippen LogP contribution in [0.25, 0.3) is 11.1 Å². The fraction of sp³-hybridized carbons (Fsp3) is 0.100. The molecule has 22 heavy (non-hydrogen) atoms. The average molecular weight is 286 g/mol. The number of hydrogen-bond acceptors (Lipinski definition) is 1. The zero-order valence-electron chi connectivity index (χ0n) is 12.2. The number of pyridine rings is 1. The van der Waals surface area contributed by atoms with E-state index in [1.54, 1.807) is 0 Å². The molecule has 2 aromatic carbocycles. The Bertz CT molecular complexity index is 853. The van der Waals surface area contributed by atoms with Crippen molar-refractivity contribution in [2.75, 3.05) is 0 Å². The zero-order chi connectivity index (χ0) is 14.9. The summed E-state index contributed by atoms with van der Waals surface area (Å²) in [5.74, 6) is 0.148. The van der Waals surface area contributed by atoms with Gasteiger partial charge in [-0.3, -0.25) is 4.79 Å². The maximum absolute atomic E-state index is 12.5. The van der Waals surface area contributed by atoms with E-state index in [2.05, 4.69) is 34.9 Å². The molecule has 1 heterocycles. The van der Waals surface area contributed by atoms with E-state index in [0.717, 1.165) is 12.0 Å². The smallest absolute Gasteiger partial charge is 0.227 e. The van der Waals surface area contributed by atoms with Gasteiger partial charge in [0.15, 0.2) is 11.9 Å². The Morgan fingerprint density at radius 3 is 2.45 bits per heavy atom. The monoisotopic (exact) mass is 286 g/mol. The van der Waals surface area contributed by atoms with Crippen molar-refractivity contribution in [3.8, 4) is 11.1 Å². The molecular formula is C20H16NO+. The second-order valence-corrected chi connectivity index (χ2v) is 5.62. The summed E-state index contributed by atoms with van der Waals surface area (Å²) < 4.78 is 2.09. The number of rotatable bonds is 3. The van der Waals surface area contributed by atoms with Crippen LogP contribution < -0.4 is 4.57 Å². The molecule has 0 amide bonds. The van der Waals surface area contributed by atoms with Crippen LogP contribution >= 0.6 is 0 Å². The van der Waals surface area contributed by atoms with Gasteiger partial charge < -0.3 is 0 Å². The summed E-state index contributed by atoms with van der Waals surface area (Å²) in [5, 5.41) is 0. The normalized spacial score (nSPS) is 11.8. The van der Waals surface area contributed by atoms with Crippen LogP contribution in [0.5, 0.6) is 0 Å². The van der Waals surface area contributed by atoms with E-state index in [9.17, 15) is 4.79 Å². The largest absolute Gasteiger partial charge is 0.287 e. The summed E-state index contributed by atoms with van der Waals surface area (Å²) in [6.07, 6.45) is 2.90. The summed E-state index contributed by atoms with van der Waals surface area (Å²) in [4.78, 5) is 12.5. The highest BCUT2D eigenvalue weighted by Crippen LogP contribution is 2.33. The van der Waals surface area contributed by atoms with Crippen molar-refractivity contribution in [1.82, 2.24) is 0 Å². The first kappa shape index (κ1) is 13.0. The summed E-state index contributed by atoms with van der Waals surface area (Å²) in [6, 6.07) is 22.1. The molecule has 1 aliphatic carbocycles. The quantitative estimate of drug-likeness (QED) is 0.417. The zero-order valence-corrected chi connectivity index (χ0v) is 12.2. The van der Waals surface area contributed by atoms with Gasteiger partial charge in [0.2, 0.25) is 12.3 Å². The van der Waals surface area contributed by atoms with Crippen LogP contribution in [-0.4, -0.2) is 5.78 Å². The topological polar surface area (TPSA) is 20.9 Å². The minimum Gasteiger partial charge on any atom is -0.287 e. The van der Waals surface area contributed by atoms with Gasteiger partial charge in [-0.1, -0.05) is 54.6 Å². The Morgan fingerprint density at radius 2 is 1.59 bits per heavy atom. The third-order valence-electron chi connectivity index (χ3n) is 4.26. The number of Topliss-reactive ketones (excluding diaryl/α,β-unsaturated/α-hetero) is 1. The molecular weight excluding hydrogens is 270 g/mol. The van der Waals surface area contributed by atoms with Crippen LogP contribution in [0.15, 0.2) is 72.9 Å². The van der Waals surface area contributed by atoms with E-state index < -0.39 is 0 Å². The van der Waals surface area contributed by atoms with Gasteiger partial charge in [0, 0.05) is 17.2 Å². The van der Waals surface area contributed by atoms with Crippen molar-refractivity contribution in [3.05, 3.63) is 89.7 Å². The van der Waals surface area contributed by atoms with Crippen molar-refractivity contribution in [2.24, 2.45) is 0 Å². The minimum atomic E-state index is 0.148. The first-order valence-electron chi connectivity index (χ1n) is 7.51. The fourth-order valence-corrected chi connectivity index (χ4v) is 3.16. The second-order valence-electron chi connectivity index (χ2n) is 5.62. The van der Waals surface area contributed by atoms with Crippen LogP contribution in [0.2, 0.25) is 0 Å². The molecule has 3 aromatic rings. The highest BCUT2D eigenvalue weighted by atomic mass is 16.1. The number of benzene rings is 2. The number of ketones is 1. The maximum Gasteiger partial charge on any atom is 0.227 e. The molecule has 1 aromatic heterocycles. The highest BCUT2D eigenvalue weighted by Gasteiger charge is 2.27. The molecule has 0 bridgehead atoms. The van der Waals surface area contributed by atoms with Crippen molar-refractivity contribution in [3.63, 3.8) is 0 Å². The number of nitrogens with zero attached hydrogens (tertiary/aromatic N) is 1. The first-order valence-corrected chi connectivity index (χ1v) is 7.51.